The quantitative estimate of drug-likeness (QED) is 0.701. The molecule has 2 aromatic heterocycles. The molecule has 0 saturated heterocycles. The van der Waals surface area contributed by atoms with Crippen LogP contribution < -0.4 is 0 Å². The van der Waals surface area contributed by atoms with Crippen LogP contribution in [-0.4, -0.2) is 16.1 Å². The fraction of sp³-hybridized carbons (Fsp3) is 0.316. The number of nitrogens with one attached hydrogen (secondary N) is 1. The van der Waals surface area contributed by atoms with Crippen molar-refractivity contribution < 1.29 is 14.3 Å². The number of benzene rings is 1. The van der Waals surface area contributed by atoms with Crippen LogP contribution in [0.3, 0.4) is 0 Å². The van der Waals surface area contributed by atoms with Crippen molar-refractivity contribution in [2.45, 2.75) is 38.0 Å². The molecule has 23 heavy (non-hydrogen) atoms. The third kappa shape index (κ3) is 2.44. The maximum absolute atomic E-state index is 11.2. The summed E-state index contributed by atoms with van der Waals surface area (Å²) < 4.78 is 5.61. The van der Waals surface area contributed by atoms with Gasteiger partial charge in [-0.15, -0.1) is 0 Å². The van der Waals surface area contributed by atoms with Crippen LogP contribution in [0.4, 0.5) is 0 Å². The first kappa shape index (κ1) is 14.1. The Hall–Kier alpha value is -2.49. The Balaban J connectivity index is 1.92. The number of aromatic amines is 1. The SMILES string of the molecule is O=C(O)c1ccc2c(C3CCCCC3)c(-c3ccco3)[nH]c2c1. The number of aromatic nitrogens is 1. The topological polar surface area (TPSA) is 66.2 Å². The van der Waals surface area contributed by atoms with Crippen LogP contribution >= 0.6 is 0 Å². The highest BCUT2D eigenvalue weighted by atomic mass is 16.4. The zero-order valence-corrected chi connectivity index (χ0v) is 12.8. The largest absolute Gasteiger partial charge is 0.478 e. The maximum atomic E-state index is 11.2. The van der Waals surface area contributed by atoms with Gasteiger partial charge in [0.1, 0.15) is 5.76 Å². The van der Waals surface area contributed by atoms with Crippen molar-refractivity contribution in [1.82, 2.24) is 4.98 Å². The fourth-order valence-electron chi connectivity index (χ4n) is 3.78. The number of H-pyrrole nitrogens is 1. The number of rotatable bonds is 3. The molecule has 1 aliphatic carbocycles. The molecule has 0 unspecified atom stereocenters. The highest BCUT2D eigenvalue weighted by molar-refractivity contribution is 5.97. The number of carbonyl (C=O) groups is 1. The van der Waals surface area contributed by atoms with Crippen LogP contribution in [-0.2, 0) is 0 Å². The molecule has 118 valence electrons. The number of hydrogen-bond acceptors (Lipinski definition) is 2. The minimum absolute atomic E-state index is 0.305. The lowest BCUT2D eigenvalue weighted by Crippen LogP contribution is -2.05. The molecule has 0 aliphatic heterocycles. The number of carboxylic acids is 1. The third-order valence-electron chi connectivity index (χ3n) is 4.87. The van der Waals surface area contributed by atoms with E-state index in [0.29, 0.717) is 11.5 Å². The van der Waals surface area contributed by atoms with E-state index < -0.39 is 5.97 Å². The second-order valence-electron chi connectivity index (χ2n) is 6.29. The van der Waals surface area contributed by atoms with Gasteiger partial charge in [-0.1, -0.05) is 25.3 Å². The van der Waals surface area contributed by atoms with Gasteiger partial charge in [0.25, 0.3) is 0 Å². The predicted octanol–water partition coefficient (Wildman–Crippen LogP) is 5.17. The second kappa shape index (κ2) is 5.61. The average Bonchev–Trinajstić information content (AvgIpc) is 3.22. The summed E-state index contributed by atoms with van der Waals surface area (Å²) in [4.78, 5) is 14.6. The van der Waals surface area contributed by atoms with Crippen LogP contribution in [0, 0.1) is 0 Å². The van der Waals surface area contributed by atoms with Gasteiger partial charge in [0.05, 0.1) is 17.5 Å². The zero-order chi connectivity index (χ0) is 15.8. The van der Waals surface area contributed by atoms with E-state index in [-0.39, 0.29) is 0 Å². The molecular formula is C19H19NO3. The van der Waals surface area contributed by atoms with Crippen molar-refractivity contribution in [3.05, 3.63) is 47.7 Å². The Morgan fingerprint density at radius 3 is 2.70 bits per heavy atom. The summed E-state index contributed by atoms with van der Waals surface area (Å²) in [7, 11) is 0. The number of furan rings is 1. The number of carboxylic acid groups (broad SMARTS) is 1. The Morgan fingerprint density at radius 2 is 2.00 bits per heavy atom. The van der Waals surface area contributed by atoms with Gasteiger partial charge < -0.3 is 14.5 Å². The van der Waals surface area contributed by atoms with Crippen molar-refractivity contribution in [3.63, 3.8) is 0 Å². The van der Waals surface area contributed by atoms with E-state index in [9.17, 15) is 9.90 Å². The van der Waals surface area contributed by atoms with Crippen molar-refractivity contribution in [2.75, 3.05) is 0 Å². The molecule has 1 fully saturated rings. The molecule has 1 saturated carbocycles. The molecule has 2 heterocycles. The lowest BCUT2D eigenvalue weighted by molar-refractivity contribution is 0.0697. The Bertz CT molecular complexity index is 839. The summed E-state index contributed by atoms with van der Waals surface area (Å²) in [5.41, 5.74) is 3.46. The van der Waals surface area contributed by atoms with E-state index >= 15 is 0 Å². The average molecular weight is 309 g/mol. The number of hydrogen-bond donors (Lipinski definition) is 2. The van der Waals surface area contributed by atoms with E-state index in [1.807, 2.05) is 18.2 Å². The predicted molar refractivity (Wildman–Crippen MR) is 88.8 cm³/mol. The second-order valence-corrected chi connectivity index (χ2v) is 6.29. The molecule has 4 nitrogen and oxygen atoms in total. The summed E-state index contributed by atoms with van der Waals surface area (Å²) in [6.45, 7) is 0. The first-order valence-electron chi connectivity index (χ1n) is 8.17. The van der Waals surface area contributed by atoms with Crippen molar-refractivity contribution >= 4 is 16.9 Å². The number of aromatic carboxylic acids is 1. The van der Waals surface area contributed by atoms with Gasteiger partial charge in [-0.3, -0.25) is 0 Å². The van der Waals surface area contributed by atoms with Crippen molar-refractivity contribution in [2.24, 2.45) is 0 Å². The van der Waals surface area contributed by atoms with Crippen LogP contribution in [0.5, 0.6) is 0 Å². The van der Waals surface area contributed by atoms with Crippen molar-refractivity contribution in [3.8, 4) is 11.5 Å². The van der Waals surface area contributed by atoms with Crippen LogP contribution in [0.1, 0.15) is 53.9 Å². The highest BCUT2D eigenvalue weighted by Gasteiger charge is 2.25. The van der Waals surface area contributed by atoms with Gasteiger partial charge in [-0.2, -0.15) is 0 Å². The van der Waals surface area contributed by atoms with E-state index in [0.717, 1.165) is 22.4 Å². The van der Waals surface area contributed by atoms with E-state index in [1.165, 1.54) is 37.7 Å². The summed E-state index contributed by atoms with van der Waals surface area (Å²) in [6, 6.07) is 9.18. The number of fused-ring (bicyclic) bond motifs is 1. The van der Waals surface area contributed by atoms with E-state index in [4.69, 9.17) is 4.42 Å². The highest BCUT2D eigenvalue weighted by Crippen LogP contribution is 2.42. The molecule has 1 aromatic carbocycles. The first-order valence-corrected chi connectivity index (χ1v) is 8.17. The molecule has 0 spiro atoms. The Kier molecular flexibility index (Phi) is 3.45. The van der Waals surface area contributed by atoms with Gasteiger partial charge in [-0.05, 0) is 48.6 Å². The molecule has 0 radical (unpaired) electrons. The Labute approximate surface area is 134 Å². The molecule has 0 atom stereocenters. The molecule has 4 rings (SSSR count). The van der Waals surface area contributed by atoms with E-state index in [2.05, 4.69) is 4.98 Å². The van der Waals surface area contributed by atoms with Crippen LogP contribution in [0.15, 0.2) is 41.0 Å². The molecule has 0 amide bonds. The van der Waals surface area contributed by atoms with E-state index in [1.54, 1.807) is 18.4 Å². The third-order valence-corrected chi connectivity index (χ3v) is 4.87. The summed E-state index contributed by atoms with van der Waals surface area (Å²) in [6.07, 6.45) is 7.85. The normalized spacial score (nSPS) is 16.0. The first-order chi connectivity index (χ1) is 11.2. The van der Waals surface area contributed by atoms with Gasteiger partial charge in [0.2, 0.25) is 0 Å². The zero-order valence-electron chi connectivity index (χ0n) is 12.8. The molecule has 4 heteroatoms. The lowest BCUT2D eigenvalue weighted by Gasteiger charge is -2.22. The maximum Gasteiger partial charge on any atom is 0.335 e. The van der Waals surface area contributed by atoms with Gasteiger partial charge in [0, 0.05) is 10.9 Å². The van der Waals surface area contributed by atoms with Gasteiger partial charge in [0.15, 0.2) is 0 Å². The minimum atomic E-state index is -0.903. The molecule has 2 N–H and O–H groups in total. The summed E-state index contributed by atoms with van der Waals surface area (Å²) in [5.74, 6) is 0.423. The van der Waals surface area contributed by atoms with Gasteiger partial charge in [-0.25, -0.2) is 4.79 Å². The van der Waals surface area contributed by atoms with Crippen molar-refractivity contribution in [1.29, 1.82) is 0 Å². The fourth-order valence-corrected chi connectivity index (χ4v) is 3.78. The summed E-state index contributed by atoms with van der Waals surface area (Å²) in [5, 5.41) is 10.3. The van der Waals surface area contributed by atoms with Crippen LogP contribution in [0.25, 0.3) is 22.4 Å². The molecular weight excluding hydrogens is 290 g/mol. The Morgan fingerprint density at radius 1 is 1.17 bits per heavy atom. The molecule has 3 aromatic rings. The lowest BCUT2D eigenvalue weighted by atomic mass is 9.82. The van der Waals surface area contributed by atoms with Gasteiger partial charge >= 0.3 is 5.97 Å². The molecule has 0 bridgehead atoms. The summed E-state index contributed by atoms with van der Waals surface area (Å²) >= 11 is 0. The monoisotopic (exact) mass is 309 g/mol. The standard InChI is InChI=1S/C19H19NO3/c21-19(22)13-8-9-14-15(11-13)20-18(16-7-4-10-23-16)17(14)12-5-2-1-3-6-12/h4,7-12,20H,1-3,5-6H2,(H,21,22). The smallest absolute Gasteiger partial charge is 0.335 e. The van der Waals surface area contributed by atoms with Crippen LogP contribution in [0.2, 0.25) is 0 Å². The molecule has 1 aliphatic rings. The minimum Gasteiger partial charge on any atom is -0.478 e.